The van der Waals surface area contributed by atoms with E-state index < -0.39 is 0 Å². The van der Waals surface area contributed by atoms with Gasteiger partial charge in [0, 0.05) is 18.0 Å². The maximum atomic E-state index is 6.08. The van der Waals surface area contributed by atoms with Crippen molar-refractivity contribution in [2.75, 3.05) is 19.8 Å². The summed E-state index contributed by atoms with van der Waals surface area (Å²) in [5, 5.41) is 0. The third-order valence-corrected chi connectivity index (χ3v) is 2.54. The standard InChI is InChI=1S/C8H16ClNO/c9-8(3-4-8)2-1-6-11-7-5-10/h1-7,10H2. The highest BCUT2D eigenvalue weighted by molar-refractivity contribution is 6.25. The Morgan fingerprint density at radius 3 is 2.64 bits per heavy atom. The summed E-state index contributed by atoms with van der Waals surface area (Å²) in [6, 6.07) is 0. The molecule has 1 aliphatic carbocycles. The largest absolute Gasteiger partial charge is 0.380 e. The molecule has 0 bridgehead atoms. The van der Waals surface area contributed by atoms with Crippen molar-refractivity contribution < 1.29 is 4.74 Å². The molecule has 0 amide bonds. The van der Waals surface area contributed by atoms with Gasteiger partial charge in [-0.15, -0.1) is 11.6 Å². The monoisotopic (exact) mass is 177 g/mol. The molecule has 0 radical (unpaired) electrons. The van der Waals surface area contributed by atoms with Crippen LogP contribution in [0.1, 0.15) is 25.7 Å². The molecule has 0 aromatic heterocycles. The van der Waals surface area contributed by atoms with Gasteiger partial charge < -0.3 is 10.5 Å². The second-order valence-corrected chi connectivity index (χ2v) is 3.96. The van der Waals surface area contributed by atoms with Crippen molar-refractivity contribution in [3.63, 3.8) is 0 Å². The molecule has 0 atom stereocenters. The highest BCUT2D eigenvalue weighted by Gasteiger charge is 2.39. The SMILES string of the molecule is NCCOCCCC1(Cl)CC1. The maximum Gasteiger partial charge on any atom is 0.0588 e. The van der Waals surface area contributed by atoms with Gasteiger partial charge in [-0.25, -0.2) is 0 Å². The van der Waals surface area contributed by atoms with Crippen LogP contribution in [0.5, 0.6) is 0 Å². The number of ether oxygens (including phenoxy) is 1. The molecular formula is C8H16ClNO. The molecule has 2 N–H and O–H groups in total. The zero-order valence-corrected chi connectivity index (χ0v) is 7.57. The van der Waals surface area contributed by atoms with Crippen LogP contribution in [0.15, 0.2) is 0 Å². The van der Waals surface area contributed by atoms with Crippen LogP contribution in [-0.2, 0) is 4.74 Å². The molecule has 0 aliphatic heterocycles. The summed E-state index contributed by atoms with van der Waals surface area (Å²) in [4.78, 5) is 0.159. The fourth-order valence-corrected chi connectivity index (χ4v) is 1.29. The minimum Gasteiger partial charge on any atom is -0.380 e. The average molecular weight is 178 g/mol. The van der Waals surface area contributed by atoms with Crippen LogP contribution in [0.4, 0.5) is 0 Å². The Hall–Kier alpha value is 0.210. The van der Waals surface area contributed by atoms with E-state index in [4.69, 9.17) is 22.1 Å². The summed E-state index contributed by atoms with van der Waals surface area (Å²) < 4.78 is 5.22. The molecule has 11 heavy (non-hydrogen) atoms. The van der Waals surface area contributed by atoms with Gasteiger partial charge in [0.2, 0.25) is 0 Å². The number of nitrogens with two attached hydrogens (primary N) is 1. The molecule has 66 valence electrons. The van der Waals surface area contributed by atoms with Crippen LogP contribution in [-0.4, -0.2) is 24.6 Å². The molecule has 0 aromatic carbocycles. The molecule has 0 aromatic rings. The number of hydrogen-bond donors (Lipinski definition) is 1. The molecule has 1 rings (SSSR count). The van der Waals surface area contributed by atoms with Gasteiger partial charge in [-0.1, -0.05) is 0 Å². The Bertz CT molecular complexity index is 115. The fraction of sp³-hybridized carbons (Fsp3) is 1.00. The molecule has 1 saturated carbocycles. The first-order valence-corrected chi connectivity index (χ1v) is 4.61. The van der Waals surface area contributed by atoms with Crippen molar-refractivity contribution in [3.05, 3.63) is 0 Å². The number of hydrogen-bond acceptors (Lipinski definition) is 2. The van der Waals surface area contributed by atoms with Crippen LogP contribution in [0.25, 0.3) is 0 Å². The molecular weight excluding hydrogens is 162 g/mol. The molecule has 0 spiro atoms. The van der Waals surface area contributed by atoms with E-state index >= 15 is 0 Å². The molecule has 1 fully saturated rings. The van der Waals surface area contributed by atoms with Gasteiger partial charge in [0.1, 0.15) is 0 Å². The van der Waals surface area contributed by atoms with E-state index in [1.165, 1.54) is 12.8 Å². The molecule has 1 aliphatic rings. The van der Waals surface area contributed by atoms with Gasteiger partial charge in [-0.05, 0) is 25.7 Å². The van der Waals surface area contributed by atoms with E-state index in [-0.39, 0.29) is 4.87 Å². The maximum absolute atomic E-state index is 6.08. The van der Waals surface area contributed by atoms with E-state index in [1.54, 1.807) is 0 Å². The topological polar surface area (TPSA) is 35.2 Å². The molecule has 0 saturated heterocycles. The van der Waals surface area contributed by atoms with Crippen LogP contribution < -0.4 is 5.73 Å². The van der Waals surface area contributed by atoms with Crippen LogP contribution >= 0.6 is 11.6 Å². The van der Waals surface area contributed by atoms with Crippen molar-refractivity contribution in [1.82, 2.24) is 0 Å². The summed E-state index contributed by atoms with van der Waals surface area (Å²) in [7, 11) is 0. The number of halogens is 1. The summed E-state index contributed by atoms with van der Waals surface area (Å²) >= 11 is 6.08. The highest BCUT2D eigenvalue weighted by Crippen LogP contribution is 2.46. The Labute approximate surface area is 73.0 Å². The van der Waals surface area contributed by atoms with E-state index in [9.17, 15) is 0 Å². The summed E-state index contributed by atoms with van der Waals surface area (Å²) in [6.45, 7) is 2.10. The van der Waals surface area contributed by atoms with Crippen LogP contribution in [0.2, 0.25) is 0 Å². The van der Waals surface area contributed by atoms with E-state index in [0.717, 1.165) is 19.4 Å². The van der Waals surface area contributed by atoms with Gasteiger partial charge >= 0.3 is 0 Å². The molecule has 0 heterocycles. The minimum atomic E-state index is 0.159. The lowest BCUT2D eigenvalue weighted by Gasteiger charge is -2.05. The zero-order chi connectivity index (χ0) is 8.16. The van der Waals surface area contributed by atoms with Crippen molar-refractivity contribution in [3.8, 4) is 0 Å². The summed E-state index contributed by atoms with van der Waals surface area (Å²) in [6.07, 6.45) is 4.54. The average Bonchev–Trinajstić information content (AvgIpc) is 2.69. The van der Waals surface area contributed by atoms with E-state index in [2.05, 4.69) is 0 Å². The van der Waals surface area contributed by atoms with Gasteiger partial charge in [0.15, 0.2) is 0 Å². The van der Waals surface area contributed by atoms with Crippen molar-refractivity contribution in [2.24, 2.45) is 5.73 Å². The van der Waals surface area contributed by atoms with Crippen molar-refractivity contribution in [1.29, 1.82) is 0 Å². The first kappa shape index (κ1) is 9.30. The van der Waals surface area contributed by atoms with Crippen molar-refractivity contribution >= 4 is 11.6 Å². The number of rotatable bonds is 6. The Balaban J connectivity index is 1.81. The lowest BCUT2D eigenvalue weighted by atomic mass is 10.2. The zero-order valence-electron chi connectivity index (χ0n) is 6.81. The minimum absolute atomic E-state index is 0.159. The molecule has 0 unspecified atom stereocenters. The van der Waals surface area contributed by atoms with Crippen LogP contribution in [0, 0.1) is 0 Å². The predicted molar refractivity (Wildman–Crippen MR) is 46.9 cm³/mol. The first-order valence-electron chi connectivity index (χ1n) is 4.24. The second-order valence-electron chi connectivity index (χ2n) is 3.16. The second kappa shape index (κ2) is 4.29. The lowest BCUT2D eigenvalue weighted by molar-refractivity contribution is 0.137. The fourth-order valence-electron chi connectivity index (χ4n) is 1.06. The Morgan fingerprint density at radius 1 is 1.36 bits per heavy atom. The Kier molecular flexibility index (Phi) is 3.63. The van der Waals surface area contributed by atoms with Gasteiger partial charge in [-0.2, -0.15) is 0 Å². The first-order chi connectivity index (χ1) is 5.27. The normalized spacial score (nSPS) is 20.2. The van der Waals surface area contributed by atoms with E-state index in [1.807, 2.05) is 0 Å². The van der Waals surface area contributed by atoms with E-state index in [0.29, 0.717) is 13.2 Å². The van der Waals surface area contributed by atoms with Gasteiger partial charge in [0.25, 0.3) is 0 Å². The smallest absolute Gasteiger partial charge is 0.0588 e. The third-order valence-electron chi connectivity index (χ3n) is 1.97. The Morgan fingerprint density at radius 2 is 2.09 bits per heavy atom. The van der Waals surface area contributed by atoms with Gasteiger partial charge in [-0.3, -0.25) is 0 Å². The third kappa shape index (κ3) is 3.94. The lowest BCUT2D eigenvalue weighted by Crippen LogP contribution is -2.10. The number of alkyl halides is 1. The van der Waals surface area contributed by atoms with Gasteiger partial charge in [0.05, 0.1) is 6.61 Å². The summed E-state index contributed by atoms with van der Waals surface area (Å²) in [5.74, 6) is 0. The predicted octanol–water partition coefficient (Wildman–Crippen LogP) is 1.51. The summed E-state index contributed by atoms with van der Waals surface area (Å²) in [5.41, 5.74) is 5.26. The quantitative estimate of drug-likeness (QED) is 0.493. The molecule has 2 nitrogen and oxygen atoms in total. The highest BCUT2D eigenvalue weighted by atomic mass is 35.5. The van der Waals surface area contributed by atoms with Crippen molar-refractivity contribution in [2.45, 2.75) is 30.6 Å². The van der Waals surface area contributed by atoms with Crippen LogP contribution in [0.3, 0.4) is 0 Å². The molecule has 3 heteroatoms.